The van der Waals surface area contributed by atoms with E-state index in [1.165, 1.54) is 0 Å². The van der Waals surface area contributed by atoms with Crippen molar-refractivity contribution in [3.05, 3.63) is 0 Å². The maximum Gasteiger partial charge on any atom is 0.223 e. The lowest BCUT2D eigenvalue weighted by molar-refractivity contribution is -0.120. The van der Waals surface area contributed by atoms with Crippen LogP contribution in [0.5, 0.6) is 0 Å². The molecule has 13 heavy (non-hydrogen) atoms. The van der Waals surface area contributed by atoms with Gasteiger partial charge in [0.25, 0.3) is 0 Å². The predicted octanol–water partition coefficient (Wildman–Crippen LogP) is 0.0509. The fraction of sp³-hybridized carbons (Fsp3) is 0.889. The van der Waals surface area contributed by atoms with E-state index in [4.69, 9.17) is 9.84 Å². The van der Waals surface area contributed by atoms with E-state index in [2.05, 4.69) is 5.32 Å². The van der Waals surface area contributed by atoms with Gasteiger partial charge in [0.2, 0.25) is 5.91 Å². The highest BCUT2D eigenvalue weighted by Crippen LogP contribution is 2.19. The maximum atomic E-state index is 11.0. The van der Waals surface area contributed by atoms with E-state index in [9.17, 15) is 4.79 Å². The Morgan fingerprint density at radius 1 is 1.62 bits per heavy atom. The largest absolute Gasteiger partial charge is 0.394 e. The van der Waals surface area contributed by atoms with Crippen LogP contribution in [0.1, 0.15) is 27.2 Å². The molecule has 0 aromatic heterocycles. The Balaban J connectivity index is 2.54. The Hall–Kier alpha value is -0.610. The summed E-state index contributed by atoms with van der Waals surface area (Å²) in [5, 5.41) is 11.6. The van der Waals surface area contributed by atoms with Crippen LogP contribution in [0.15, 0.2) is 0 Å². The molecule has 1 rings (SSSR count). The Morgan fingerprint density at radius 3 is 2.69 bits per heavy atom. The molecule has 4 nitrogen and oxygen atoms in total. The second-order valence-electron chi connectivity index (χ2n) is 4.33. The predicted molar refractivity (Wildman–Crippen MR) is 48.3 cm³/mol. The number of amides is 1. The topological polar surface area (TPSA) is 58.6 Å². The lowest BCUT2D eigenvalue weighted by Gasteiger charge is -2.27. The van der Waals surface area contributed by atoms with Crippen LogP contribution in [0.25, 0.3) is 0 Å². The molecule has 0 unspecified atom stereocenters. The summed E-state index contributed by atoms with van der Waals surface area (Å²) >= 11 is 0. The van der Waals surface area contributed by atoms with Gasteiger partial charge in [-0.05, 0) is 20.8 Å². The van der Waals surface area contributed by atoms with Gasteiger partial charge in [-0.25, -0.2) is 0 Å². The van der Waals surface area contributed by atoms with E-state index in [1.54, 1.807) is 0 Å². The molecular formula is C9H17NO3. The van der Waals surface area contributed by atoms with E-state index in [0.29, 0.717) is 6.42 Å². The fourth-order valence-electron chi connectivity index (χ4n) is 1.42. The molecule has 1 saturated heterocycles. The SMILES string of the molecule is CC(C)(C)O[C@H]1CC(=O)N[C@@H]1CO. The number of ether oxygens (including phenoxy) is 1. The lowest BCUT2D eigenvalue weighted by atomic mass is 10.1. The third kappa shape index (κ3) is 2.97. The Bertz CT molecular complexity index is 198. The van der Waals surface area contributed by atoms with Gasteiger partial charge in [0.1, 0.15) is 0 Å². The second-order valence-corrected chi connectivity index (χ2v) is 4.33. The van der Waals surface area contributed by atoms with Crippen molar-refractivity contribution in [1.82, 2.24) is 5.32 Å². The number of aliphatic hydroxyl groups excluding tert-OH is 1. The Labute approximate surface area is 78.3 Å². The maximum absolute atomic E-state index is 11.0. The zero-order valence-corrected chi connectivity index (χ0v) is 8.33. The van der Waals surface area contributed by atoms with Crippen molar-refractivity contribution in [1.29, 1.82) is 0 Å². The van der Waals surface area contributed by atoms with Crippen LogP contribution >= 0.6 is 0 Å². The zero-order valence-electron chi connectivity index (χ0n) is 8.33. The Morgan fingerprint density at radius 2 is 2.23 bits per heavy atom. The summed E-state index contributed by atoms with van der Waals surface area (Å²) in [6, 6.07) is -0.244. The van der Waals surface area contributed by atoms with Gasteiger partial charge in [-0.3, -0.25) is 4.79 Å². The number of aliphatic hydroxyl groups is 1. The quantitative estimate of drug-likeness (QED) is 0.642. The van der Waals surface area contributed by atoms with Crippen LogP contribution in [-0.4, -0.2) is 35.4 Å². The molecule has 2 atom stereocenters. The molecule has 0 saturated carbocycles. The van der Waals surface area contributed by atoms with Gasteiger partial charge in [-0.2, -0.15) is 0 Å². The molecule has 0 aromatic rings. The van der Waals surface area contributed by atoms with E-state index < -0.39 is 0 Å². The second kappa shape index (κ2) is 3.64. The number of carbonyl (C=O) groups excluding carboxylic acids is 1. The van der Waals surface area contributed by atoms with Gasteiger partial charge < -0.3 is 15.2 Å². The first-order valence-corrected chi connectivity index (χ1v) is 4.50. The number of carbonyl (C=O) groups is 1. The summed E-state index contributed by atoms with van der Waals surface area (Å²) in [5.41, 5.74) is -0.273. The van der Waals surface area contributed by atoms with Crippen molar-refractivity contribution < 1.29 is 14.6 Å². The molecule has 0 aromatic carbocycles. The highest BCUT2D eigenvalue weighted by Gasteiger charge is 2.35. The average Bonchev–Trinajstić information content (AvgIpc) is 2.27. The highest BCUT2D eigenvalue weighted by molar-refractivity contribution is 5.79. The van der Waals surface area contributed by atoms with Gasteiger partial charge in [0.15, 0.2) is 0 Å². The van der Waals surface area contributed by atoms with Crippen LogP contribution in [0, 0.1) is 0 Å². The third-order valence-electron chi connectivity index (χ3n) is 1.88. The summed E-state index contributed by atoms with van der Waals surface area (Å²) in [5.74, 6) is -0.0479. The lowest BCUT2D eigenvalue weighted by Crippen LogP contribution is -2.39. The summed E-state index contributed by atoms with van der Waals surface area (Å²) in [7, 11) is 0. The molecule has 1 aliphatic heterocycles. The van der Waals surface area contributed by atoms with E-state index >= 15 is 0 Å². The molecule has 2 N–H and O–H groups in total. The molecule has 0 bridgehead atoms. The van der Waals surface area contributed by atoms with Crippen LogP contribution in [0.4, 0.5) is 0 Å². The van der Waals surface area contributed by atoms with Gasteiger partial charge in [-0.1, -0.05) is 0 Å². The fourth-order valence-corrected chi connectivity index (χ4v) is 1.42. The van der Waals surface area contributed by atoms with Crippen LogP contribution in [0.2, 0.25) is 0 Å². The first-order valence-electron chi connectivity index (χ1n) is 4.50. The van der Waals surface area contributed by atoms with Gasteiger partial charge in [-0.15, -0.1) is 0 Å². The molecule has 0 spiro atoms. The molecule has 4 heteroatoms. The smallest absolute Gasteiger partial charge is 0.223 e. The molecule has 1 aliphatic rings. The van der Waals surface area contributed by atoms with Gasteiger partial charge in [0, 0.05) is 0 Å². The van der Waals surface area contributed by atoms with Crippen LogP contribution in [0.3, 0.4) is 0 Å². The minimum atomic E-state index is -0.273. The van der Waals surface area contributed by atoms with Crippen molar-refractivity contribution in [2.24, 2.45) is 0 Å². The van der Waals surface area contributed by atoms with E-state index in [-0.39, 0.29) is 30.3 Å². The van der Waals surface area contributed by atoms with Crippen LogP contribution < -0.4 is 5.32 Å². The van der Waals surface area contributed by atoms with Crippen molar-refractivity contribution in [3.63, 3.8) is 0 Å². The zero-order chi connectivity index (χ0) is 10.1. The number of hydrogen-bond donors (Lipinski definition) is 2. The molecule has 0 aliphatic carbocycles. The van der Waals surface area contributed by atoms with E-state index in [1.807, 2.05) is 20.8 Å². The Kier molecular flexibility index (Phi) is 2.93. The van der Waals surface area contributed by atoms with Crippen molar-refractivity contribution in [3.8, 4) is 0 Å². The van der Waals surface area contributed by atoms with E-state index in [0.717, 1.165) is 0 Å². The van der Waals surface area contributed by atoms with Crippen molar-refractivity contribution in [2.45, 2.75) is 44.9 Å². The molecule has 1 amide bonds. The molecule has 0 radical (unpaired) electrons. The van der Waals surface area contributed by atoms with Gasteiger partial charge in [0.05, 0.1) is 30.8 Å². The van der Waals surface area contributed by atoms with Gasteiger partial charge >= 0.3 is 0 Å². The third-order valence-corrected chi connectivity index (χ3v) is 1.88. The first kappa shape index (κ1) is 10.5. The number of rotatable bonds is 2. The van der Waals surface area contributed by atoms with Crippen LogP contribution in [-0.2, 0) is 9.53 Å². The molecule has 1 fully saturated rings. The molecule has 76 valence electrons. The highest BCUT2D eigenvalue weighted by atomic mass is 16.5. The standard InChI is InChI=1S/C9H17NO3/c1-9(2,3)13-7-4-8(12)10-6(7)5-11/h6-7,11H,4-5H2,1-3H3,(H,10,12)/t6-,7+/m1/s1. The molecular weight excluding hydrogens is 170 g/mol. The summed E-state index contributed by atoms with van der Waals surface area (Å²) in [4.78, 5) is 11.0. The normalized spacial score (nSPS) is 29.1. The number of hydrogen-bond acceptors (Lipinski definition) is 3. The summed E-state index contributed by atoms with van der Waals surface area (Å²) < 4.78 is 5.63. The molecule has 1 heterocycles. The summed E-state index contributed by atoms with van der Waals surface area (Å²) in [6.07, 6.45) is 0.153. The monoisotopic (exact) mass is 187 g/mol. The first-order chi connectivity index (χ1) is 5.92. The summed E-state index contributed by atoms with van der Waals surface area (Å²) in [6.45, 7) is 5.74. The van der Waals surface area contributed by atoms with Crippen molar-refractivity contribution >= 4 is 5.91 Å². The van der Waals surface area contributed by atoms with Crippen molar-refractivity contribution in [2.75, 3.05) is 6.61 Å². The minimum absolute atomic E-state index is 0.0479. The number of nitrogens with one attached hydrogen (secondary N) is 1. The average molecular weight is 187 g/mol. The minimum Gasteiger partial charge on any atom is -0.394 e.